The number of imidazole rings is 1. The average Bonchev–Trinajstić information content (AvgIpc) is 3.30. The Morgan fingerprint density at radius 3 is 2.65 bits per heavy atom. The van der Waals surface area contributed by atoms with Crippen LogP contribution in [0, 0.1) is 10.1 Å². The Morgan fingerprint density at radius 1 is 1.15 bits per heavy atom. The van der Waals surface area contributed by atoms with Crippen molar-refractivity contribution in [1.29, 1.82) is 0 Å². The Labute approximate surface area is 151 Å². The molecule has 128 valence electrons. The summed E-state index contributed by atoms with van der Waals surface area (Å²) in [5, 5.41) is 15.5. The third-order valence-corrected chi connectivity index (χ3v) is 4.71. The Bertz CT molecular complexity index is 1100. The molecule has 7 nitrogen and oxygen atoms in total. The van der Waals surface area contributed by atoms with E-state index in [0.717, 1.165) is 21.7 Å². The van der Waals surface area contributed by atoms with Crippen LogP contribution in [0.15, 0.2) is 60.0 Å². The number of nitro groups is 1. The first-order chi connectivity index (χ1) is 12.6. The third kappa shape index (κ3) is 3.05. The first-order valence-corrected chi connectivity index (χ1v) is 8.57. The van der Waals surface area contributed by atoms with E-state index < -0.39 is 4.92 Å². The average molecular weight is 364 g/mol. The number of carbonyl (C=O) groups is 1. The molecular weight excluding hydrogens is 352 g/mol. The van der Waals surface area contributed by atoms with E-state index in [2.05, 4.69) is 15.3 Å². The molecule has 0 radical (unpaired) electrons. The molecule has 26 heavy (non-hydrogen) atoms. The van der Waals surface area contributed by atoms with Gasteiger partial charge in [-0.05, 0) is 41.8 Å². The molecule has 2 heterocycles. The molecule has 4 rings (SSSR count). The number of nitrogens with zero attached hydrogens (tertiary/aromatic N) is 2. The minimum absolute atomic E-state index is 0.0541. The predicted octanol–water partition coefficient (Wildman–Crippen LogP) is 4.45. The first kappa shape index (κ1) is 16.0. The van der Waals surface area contributed by atoms with Crippen molar-refractivity contribution in [3.63, 3.8) is 0 Å². The zero-order chi connectivity index (χ0) is 18.1. The molecule has 1 amide bonds. The topological polar surface area (TPSA) is 101 Å². The smallest absolute Gasteiger partial charge is 0.269 e. The molecule has 0 aliphatic carbocycles. The summed E-state index contributed by atoms with van der Waals surface area (Å²) < 4.78 is 0. The van der Waals surface area contributed by atoms with Crippen LogP contribution < -0.4 is 5.32 Å². The number of aromatic nitrogens is 2. The van der Waals surface area contributed by atoms with Crippen LogP contribution >= 0.6 is 11.3 Å². The number of thiophene rings is 1. The highest BCUT2D eigenvalue weighted by Gasteiger charge is 2.11. The van der Waals surface area contributed by atoms with Crippen molar-refractivity contribution >= 4 is 39.7 Å². The molecule has 0 saturated carbocycles. The van der Waals surface area contributed by atoms with Crippen molar-refractivity contribution < 1.29 is 9.72 Å². The van der Waals surface area contributed by atoms with Gasteiger partial charge in [-0.2, -0.15) is 0 Å². The molecule has 0 aliphatic heterocycles. The van der Waals surface area contributed by atoms with Gasteiger partial charge in [-0.1, -0.05) is 6.07 Å². The highest BCUT2D eigenvalue weighted by molar-refractivity contribution is 7.13. The lowest BCUT2D eigenvalue weighted by Gasteiger charge is -2.05. The number of nitro benzene ring substituents is 1. The second-order valence-electron chi connectivity index (χ2n) is 5.55. The van der Waals surface area contributed by atoms with Gasteiger partial charge in [-0.3, -0.25) is 14.9 Å². The number of non-ortho nitro benzene ring substituents is 1. The van der Waals surface area contributed by atoms with Crippen LogP contribution in [0.5, 0.6) is 0 Å². The molecular formula is C18H12N4O3S. The van der Waals surface area contributed by atoms with Crippen molar-refractivity contribution in [2.45, 2.75) is 0 Å². The van der Waals surface area contributed by atoms with E-state index in [1.807, 2.05) is 29.6 Å². The number of anilines is 1. The van der Waals surface area contributed by atoms with Crippen molar-refractivity contribution in [2.24, 2.45) is 0 Å². The normalized spacial score (nSPS) is 10.8. The van der Waals surface area contributed by atoms with Crippen LogP contribution in [0.4, 0.5) is 11.4 Å². The summed E-state index contributed by atoms with van der Waals surface area (Å²) in [5.74, 6) is 0.450. The molecule has 0 saturated heterocycles. The second kappa shape index (κ2) is 6.41. The zero-order valence-electron chi connectivity index (χ0n) is 13.3. The minimum atomic E-state index is -0.501. The van der Waals surface area contributed by atoms with Crippen molar-refractivity contribution in [2.75, 3.05) is 5.32 Å². The van der Waals surface area contributed by atoms with Crippen molar-refractivity contribution in [3.05, 3.63) is 75.7 Å². The van der Waals surface area contributed by atoms with E-state index in [9.17, 15) is 14.9 Å². The monoisotopic (exact) mass is 364 g/mol. The van der Waals surface area contributed by atoms with E-state index in [1.54, 1.807) is 17.4 Å². The summed E-state index contributed by atoms with van der Waals surface area (Å²) in [6.07, 6.45) is 0. The lowest BCUT2D eigenvalue weighted by Crippen LogP contribution is -2.11. The number of carbonyl (C=O) groups excluding carboxylic acids is 1. The highest BCUT2D eigenvalue weighted by Crippen LogP contribution is 2.26. The van der Waals surface area contributed by atoms with Gasteiger partial charge in [0.1, 0.15) is 5.82 Å². The van der Waals surface area contributed by atoms with Gasteiger partial charge in [0.05, 0.1) is 20.8 Å². The lowest BCUT2D eigenvalue weighted by atomic mass is 10.2. The number of amides is 1. The molecule has 2 N–H and O–H groups in total. The number of hydrogen-bond acceptors (Lipinski definition) is 5. The van der Waals surface area contributed by atoms with Gasteiger partial charge < -0.3 is 10.3 Å². The fourth-order valence-electron chi connectivity index (χ4n) is 2.56. The number of benzene rings is 2. The van der Waals surface area contributed by atoms with Gasteiger partial charge >= 0.3 is 0 Å². The Morgan fingerprint density at radius 2 is 1.96 bits per heavy atom. The highest BCUT2D eigenvalue weighted by atomic mass is 32.1. The van der Waals surface area contributed by atoms with Gasteiger partial charge in [0, 0.05) is 23.4 Å². The standard InChI is InChI=1S/C18H12N4O3S/c23-18(11-3-6-13(7-4-11)22(24)25)19-12-5-8-14-15(10-12)21-17(20-14)16-2-1-9-26-16/h1-10H,(H,19,23)(H,20,21). The SMILES string of the molecule is O=C(Nc1ccc2nc(-c3cccs3)[nH]c2c1)c1ccc([N+](=O)[O-])cc1. The van der Waals surface area contributed by atoms with Gasteiger partial charge in [-0.25, -0.2) is 4.98 Å². The number of hydrogen-bond donors (Lipinski definition) is 2. The van der Waals surface area contributed by atoms with Crippen molar-refractivity contribution in [1.82, 2.24) is 9.97 Å². The van der Waals surface area contributed by atoms with Crippen LogP contribution in [-0.2, 0) is 0 Å². The number of fused-ring (bicyclic) bond motifs is 1. The summed E-state index contributed by atoms with van der Waals surface area (Å²) in [7, 11) is 0. The Hall–Kier alpha value is -3.52. The molecule has 0 spiro atoms. The maximum Gasteiger partial charge on any atom is 0.269 e. The lowest BCUT2D eigenvalue weighted by molar-refractivity contribution is -0.384. The fraction of sp³-hybridized carbons (Fsp3) is 0. The van der Waals surface area contributed by atoms with E-state index >= 15 is 0 Å². The van der Waals surface area contributed by atoms with E-state index in [-0.39, 0.29) is 11.6 Å². The minimum Gasteiger partial charge on any atom is -0.337 e. The van der Waals surface area contributed by atoms with Crippen LogP contribution in [0.1, 0.15) is 10.4 Å². The summed E-state index contributed by atoms with van der Waals surface area (Å²) >= 11 is 1.60. The maximum atomic E-state index is 12.3. The Kier molecular flexibility index (Phi) is 3.94. The molecule has 4 aromatic rings. The van der Waals surface area contributed by atoms with E-state index in [1.165, 1.54) is 24.3 Å². The largest absolute Gasteiger partial charge is 0.337 e. The molecule has 2 aromatic carbocycles. The van der Waals surface area contributed by atoms with Gasteiger partial charge in [0.25, 0.3) is 11.6 Å². The van der Waals surface area contributed by atoms with Crippen LogP contribution in [0.25, 0.3) is 21.7 Å². The molecule has 0 aliphatic rings. The van der Waals surface area contributed by atoms with Crippen LogP contribution in [0.3, 0.4) is 0 Å². The number of rotatable bonds is 4. The first-order valence-electron chi connectivity index (χ1n) is 7.69. The van der Waals surface area contributed by atoms with Crippen LogP contribution in [-0.4, -0.2) is 20.8 Å². The molecule has 2 aromatic heterocycles. The van der Waals surface area contributed by atoms with Gasteiger partial charge in [0.15, 0.2) is 0 Å². The van der Waals surface area contributed by atoms with Gasteiger partial charge in [0.2, 0.25) is 0 Å². The Balaban J connectivity index is 1.56. The van der Waals surface area contributed by atoms with Crippen molar-refractivity contribution in [3.8, 4) is 10.7 Å². The molecule has 8 heteroatoms. The summed E-state index contributed by atoms with van der Waals surface area (Å²) in [6.45, 7) is 0. The maximum absolute atomic E-state index is 12.3. The summed E-state index contributed by atoms with van der Waals surface area (Å²) in [6, 6.07) is 14.8. The number of aromatic amines is 1. The molecule has 0 unspecified atom stereocenters. The second-order valence-corrected chi connectivity index (χ2v) is 6.50. The fourth-order valence-corrected chi connectivity index (χ4v) is 3.22. The molecule has 0 atom stereocenters. The molecule has 0 fully saturated rings. The predicted molar refractivity (Wildman–Crippen MR) is 100 cm³/mol. The number of H-pyrrole nitrogens is 1. The zero-order valence-corrected chi connectivity index (χ0v) is 14.1. The summed E-state index contributed by atoms with van der Waals surface area (Å²) in [4.78, 5) is 31.3. The van der Waals surface area contributed by atoms with Gasteiger partial charge in [-0.15, -0.1) is 11.3 Å². The third-order valence-electron chi connectivity index (χ3n) is 3.83. The quantitative estimate of drug-likeness (QED) is 0.412. The molecule has 0 bridgehead atoms. The van der Waals surface area contributed by atoms with Crippen LogP contribution in [0.2, 0.25) is 0 Å². The van der Waals surface area contributed by atoms with E-state index in [4.69, 9.17) is 0 Å². The van der Waals surface area contributed by atoms with E-state index in [0.29, 0.717) is 11.3 Å². The number of nitrogens with one attached hydrogen (secondary N) is 2. The summed E-state index contributed by atoms with van der Waals surface area (Å²) in [5.41, 5.74) is 2.53.